The standard InChI is InChI=1S/C14H19NO2/c15-13-8-11-6-5-10(7-12(11)9-13)3-1-2-4-14(16)17/h5-7,13H,1-4,8-9,15H2,(H,16,17). The summed E-state index contributed by atoms with van der Waals surface area (Å²) in [5.74, 6) is -0.704. The van der Waals surface area contributed by atoms with Crippen LogP contribution in [0.5, 0.6) is 0 Å². The number of rotatable bonds is 5. The molecule has 3 nitrogen and oxygen atoms in total. The Morgan fingerprint density at radius 2 is 2.06 bits per heavy atom. The van der Waals surface area contributed by atoms with Crippen LogP contribution < -0.4 is 5.73 Å². The highest BCUT2D eigenvalue weighted by Gasteiger charge is 2.17. The number of aliphatic carboxylic acids is 1. The molecule has 0 spiro atoms. The number of hydrogen-bond donors (Lipinski definition) is 2. The van der Waals surface area contributed by atoms with Gasteiger partial charge in [0.05, 0.1) is 0 Å². The van der Waals surface area contributed by atoms with Gasteiger partial charge in [-0.2, -0.15) is 0 Å². The molecule has 17 heavy (non-hydrogen) atoms. The van der Waals surface area contributed by atoms with Crippen LogP contribution in [0.25, 0.3) is 0 Å². The molecule has 0 heterocycles. The molecule has 1 aliphatic rings. The van der Waals surface area contributed by atoms with E-state index in [1.807, 2.05) is 0 Å². The Morgan fingerprint density at radius 3 is 2.82 bits per heavy atom. The zero-order valence-corrected chi connectivity index (χ0v) is 9.98. The van der Waals surface area contributed by atoms with Crippen molar-refractivity contribution in [3.63, 3.8) is 0 Å². The molecule has 3 N–H and O–H groups in total. The van der Waals surface area contributed by atoms with Crippen molar-refractivity contribution in [1.82, 2.24) is 0 Å². The molecule has 0 amide bonds. The highest BCUT2D eigenvalue weighted by atomic mass is 16.4. The van der Waals surface area contributed by atoms with E-state index in [1.54, 1.807) is 0 Å². The third-order valence-electron chi connectivity index (χ3n) is 3.34. The molecule has 1 aromatic rings. The minimum Gasteiger partial charge on any atom is -0.481 e. The van der Waals surface area contributed by atoms with Crippen molar-refractivity contribution >= 4 is 5.97 Å². The number of aryl methyl sites for hydroxylation is 1. The van der Waals surface area contributed by atoms with Crippen LogP contribution in [-0.4, -0.2) is 17.1 Å². The van der Waals surface area contributed by atoms with Crippen molar-refractivity contribution in [3.8, 4) is 0 Å². The van der Waals surface area contributed by atoms with Crippen molar-refractivity contribution in [3.05, 3.63) is 34.9 Å². The van der Waals surface area contributed by atoms with Crippen molar-refractivity contribution in [1.29, 1.82) is 0 Å². The summed E-state index contributed by atoms with van der Waals surface area (Å²) in [6.07, 6.45) is 4.92. The number of unbranched alkanes of at least 4 members (excludes halogenated alkanes) is 1. The highest BCUT2D eigenvalue weighted by molar-refractivity contribution is 5.66. The van der Waals surface area contributed by atoms with Gasteiger partial charge in [0, 0.05) is 12.5 Å². The van der Waals surface area contributed by atoms with Gasteiger partial charge in [-0.05, 0) is 48.8 Å². The SMILES string of the molecule is NC1Cc2ccc(CCCCC(=O)O)cc2C1. The highest BCUT2D eigenvalue weighted by Crippen LogP contribution is 2.23. The van der Waals surface area contributed by atoms with Gasteiger partial charge in [-0.1, -0.05) is 18.2 Å². The number of carbonyl (C=O) groups is 1. The fraction of sp³-hybridized carbons (Fsp3) is 0.500. The summed E-state index contributed by atoms with van der Waals surface area (Å²) in [6.45, 7) is 0. The Kier molecular flexibility index (Phi) is 3.79. The number of benzene rings is 1. The minimum absolute atomic E-state index is 0.274. The van der Waals surface area contributed by atoms with Gasteiger partial charge in [-0.25, -0.2) is 0 Å². The van der Waals surface area contributed by atoms with Crippen LogP contribution in [0.3, 0.4) is 0 Å². The Hall–Kier alpha value is -1.35. The number of nitrogens with two attached hydrogens (primary N) is 1. The molecule has 1 unspecified atom stereocenters. The summed E-state index contributed by atoms with van der Waals surface area (Å²) in [7, 11) is 0. The molecular formula is C14H19NO2. The molecule has 0 radical (unpaired) electrons. The van der Waals surface area contributed by atoms with Gasteiger partial charge in [-0.15, -0.1) is 0 Å². The summed E-state index contributed by atoms with van der Waals surface area (Å²) in [4.78, 5) is 10.4. The van der Waals surface area contributed by atoms with Crippen molar-refractivity contribution in [2.24, 2.45) is 5.73 Å². The lowest BCUT2D eigenvalue weighted by Gasteiger charge is -2.04. The molecule has 1 atom stereocenters. The maximum atomic E-state index is 10.4. The molecule has 1 aromatic carbocycles. The average molecular weight is 233 g/mol. The van der Waals surface area contributed by atoms with Gasteiger partial charge >= 0.3 is 5.97 Å². The quantitative estimate of drug-likeness (QED) is 0.764. The molecule has 92 valence electrons. The predicted octanol–water partition coefficient (Wildman–Crippen LogP) is 1.91. The van der Waals surface area contributed by atoms with Gasteiger partial charge < -0.3 is 10.8 Å². The normalized spacial score (nSPS) is 18.1. The Bertz CT molecular complexity index is 415. The second-order valence-electron chi connectivity index (χ2n) is 4.87. The average Bonchev–Trinajstić information content (AvgIpc) is 2.63. The smallest absolute Gasteiger partial charge is 0.303 e. The molecule has 2 rings (SSSR count). The summed E-state index contributed by atoms with van der Waals surface area (Å²) < 4.78 is 0. The molecule has 3 heteroatoms. The van der Waals surface area contributed by atoms with E-state index in [4.69, 9.17) is 10.8 Å². The minimum atomic E-state index is -0.704. The van der Waals surface area contributed by atoms with Gasteiger partial charge in [0.1, 0.15) is 0 Å². The van der Waals surface area contributed by atoms with Crippen LogP contribution in [0, 0.1) is 0 Å². The van der Waals surface area contributed by atoms with Crippen LogP contribution in [0.15, 0.2) is 18.2 Å². The Labute approximate surface area is 102 Å². The fourth-order valence-electron chi connectivity index (χ4n) is 2.47. The first-order valence-electron chi connectivity index (χ1n) is 6.23. The summed E-state index contributed by atoms with van der Waals surface area (Å²) in [6, 6.07) is 6.85. The van der Waals surface area contributed by atoms with E-state index in [0.29, 0.717) is 0 Å². The van der Waals surface area contributed by atoms with E-state index < -0.39 is 5.97 Å². The first kappa shape index (κ1) is 12.1. The van der Waals surface area contributed by atoms with Crippen molar-refractivity contribution in [2.45, 2.75) is 44.6 Å². The van der Waals surface area contributed by atoms with Crippen molar-refractivity contribution in [2.75, 3.05) is 0 Å². The summed E-state index contributed by atoms with van der Waals surface area (Å²) in [5, 5.41) is 8.55. The topological polar surface area (TPSA) is 63.3 Å². The number of fused-ring (bicyclic) bond motifs is 1. The third kappa shape index (κ3) is 3.30. The predicted molar refractivity (Wildman–Crippen MR) is 67.0 cm³/mol. The number of carboxylic acid groups (broad SMARTS) is 1. The second-order valence-corrected chi connectivity index (χ2v) is 4.87. The Balaban J connectivity index is 1.86. The zero-order chi connectivity index (χ0) is 12.3. The molecule has 0 aromatic heterocycles. The Morgan fingerprint density at radius 1 is 1.29 bits per heavy atom. The molecule has 1 aliphatic carbocycles. The van der Waals surface area contributed by atoms with Crippen LogP contribution in [0.1, 0.15) is 36.0 Å². The lowest BCUT2D eigenvalue weighted by Crippen LogP contribution is -2.18. The molecule has 0 saturated carbocycles. The summed E-state index contributed by atoms with van der Waals surface area (Å²) >= 11 is 0. The largest absolute Gasteiger partial charge is 0.481 e. The number of carboxylic acids is 1. The van der Waals surface area contributed by atoms with Gasteiger partial charge in [0.25, 0.3) is 0 Å². The van der Waals surface area contributed by atoms with Crippen LogP contribution in [-0.2, 0) is 24.1 Å². The van der Waals surface area contributed by atoms with E-state index in [0.717, 1.165) is 32.1 Å². The molecule has 0 saturated heterocycles. The van der Waals surface area contributed by atoms with Gasteiger partial charge in [0.2, 0.25) is 0 Å². The van der Waals surface area contributed by atoms with Gasteiger partial charge in [-0.3, -0.25) is 4.79 Å². The zero-order valence-electron chi connectivity index (χ0n) is 9.98. The van der Waals surface area contributed by atoms with Gasteiger partial charge in [0.15, 0.2) is 0 Å². The summed E-state index contributed by atoms with van der Waals surface area (Å²) in [5.41, 5.74) is 10.00. The van der Waals surface area contributed by atoms with E-state index in [2.05, 4.69) is 18.2 Å². The molecule has 0 bridgehead atoms. The maximum Gasteiger partial charge on any atom is 0.303 e. The maximum absolute atomic E-state index is 10.4. The monoisotopic (exact) mass is 233 g/mol. The van der Waals surface area contributed by atoms with Crippen LogP contribution >= 0.6 is 0 Å². The molecule has 0 fully saturated rings. The lowest BCUT2D eigenvalue weighted by atomic mass is 10.0. The van der Waals surface area contributed by atoms with E-state index in [-0.39, 0.29) is 12.5 Å². The van der Waals surface area contributed by atoms with Crippen molar-refractivity contribution < 1.29 is 9.90 Å². The van der Waals surface area contributed by atoms with E-state index >= 15 is 0 Å². The fourth-order valence-corrected chi connectivity index (χ4v) is 2.47. The molecular weight excluding hydrogens is 214 g/mol. The number of hydrogen-bond acceptors (Lipinski definition) is 2. The molecule has 0 aliphatic heterocycles. The van der Waals surface area contributed by atoms with E-state index in [9.17, 15) is 4.79 Å². The third-order valence-corrected chi connectivity index (χ3v) is 3.34. The first-order chi connectivity index (χ1) is 8.15. The lowest BCUT2D eigenvalue weighted by molar-refractivity contribution is -0.137. The van der Waals surface area contributed by atoms with E-state index in [1.165, 1.54) is 16.7 Å². The first-order valence-corrected chi connectivity index (χ1v) is 6.23. The van der Waals surface area contributed by atoms with Crippen LogP contribution in [0.4, 0.5) is 0 Å². The van der Waals surface area contributed by atoms with Crippen LogP contribution in [0.2, 0.25) is 0 Å². The second kappa shape index (κ2) is 5.32.